The predicted octanol–water partition coefficient (Wildman–Crippen LogP) is 5.74. The number of phenols is 1. The number of nitrogen functional groups attached to an aromatic ring is 1. The van der Waals surface area contributed by atoms with Gasteiger partial charge in [-0.15, -0.1) is 11.3 Å². The van der Waals surface area contributed by atoms with Crippen LogP contribution in [-0.2, 0) is 0 Å². The van der Waals surface area contributed by atoms with Crippen LogP contribution in [-0.4, -0.2) is 15.9 Å². The van der Waals surface area contributed by atoms with Crippen LogP contribution in [0.15, 0.2) is 83.4 Å². The molecule has 0 unspecified atom stereocenters. The number of carbonyl (C=O) groups excluding carboxylic acids is 1. The number of hydrogen-bond acceptors (Lipinski definition) is 6. The molecule has 6 heteroatoms. The van der Waals surface area contributed by atoms with Crippen molar-refractivity contribution in [2.45, 2.75) is 0 Å². The van der Waals surface area contributed by atoms with Crippen LogP contribution in [0.1, 0.15) is 15.2 Å². The molecule has 0 amide bonds. The van der Waals surface area contributed by atoms with Crippen LogP contribution in [0.2, 0.25) is 0 Å². The van der Waals surface area contributed by atoms with Gasteiger partial charge in [-0.25, -0.2) is 4.98 Å². The van der Waals surface area contributed by atoms with Crippen molar-refractivity contribution in [3.05, 3.63) is 89.4 Å². The van der Waals surface area contributed by atoms with E-state index in [-0.39, 0.29) is 17.5 Å². The Morgan fingerprint density at radius 3 is 2.40 bits per heavy atom. The molecule has 30 heavy (non-hydrogen) atoms. The second kappa shape index (κ2) is 7.17. The maximum Gasteiger partial charge on any atom is 0.292 e. The highest BCUT2D eigenvalue weighted by Gasteiger charge is 2.21. The number of benzene rings is 3. The zero-order valence-electron chi connectivity index (χ0n) is 15.7. The summed E-state index contributed by atoms with van der Waals surface area (Å²) in [7, 11) is 0. The number of rotatable bonds is 4. The zero-order valence-corrected chi connectivity index (χ0v) is 16.5. The smallest absolute Gasteiger partial charge is 0.292 e. The molecule has 0 aliphatic rings. The molecule has 0 saturated heterocycles. The molecule has 0 spiro atoms. The van der Waals surface area contributed by atoms with Gasteiger partial charge in [0.25, 0.3) is 6.01 Å². The molecular weight excluding hydrogens is 396 g/mol. The second-order valence-electron chi connectivity index (χ2n) is 6.82. The van der Waals surface area contributed by atoms with E-state index in [1.54, 1.807) is 18.3 Å². The molecular formula is C24H16N2O3S. The summed E-state index contributed by atoms with van der Waals surface area (Å²) in [5, 5.41) is 10.8. The Bertz CT molecular complexity index is 1370. The van der Waals surface area contributed by atoms with E-state index in [0.29, 0.717) is 16.2 Å². The van der Waals surface area contributed by atoms with E-state index in [4.69, 9.17) is 10.2 Å². The Labute approximate surface area is 176 Å². The topological polar surface area (TPSA) is 89.3 Å². The molecule has 0 fully saturated rings. The van der Waals surface area contributed by atoms with Gasteiger partial charge in [-0.2, -0.15) is 0 Å². The van der Waals surface area contributed by atoms with Gasteiger partial charge in [-0.1, -0.05) is 54.6 Å². The molecule has 0 bridgehead atoms. The van der Waals surface area contributed by atoms with Crippen LogP contribution in [0.4, 0.5) is 6.01 Å². The molecule has 146 valence electrons. The minimum absolute atomic E-state index is 0.0432. The Hall–Kier alpha value is -3.90. The molecule has 5 nitrogen and oxygen atoms in total. The zero-order chi connectivity index (χ0) is 20.7. The average Bonchev–Trinajstić information content (AvgIpc) is 3.37. The van der Waals surface area contributed by atoms with Gasteiger partial charge in [0, 0.05) is 26.8 Å². The van der Waals surface area contributed by atoms with Gasteiger partial charge in [-0.3, -0.25) is 4.79 Å². The fourth-order valence-corrected chi connectivity index (χ4v) is 4.69. The summed E-state index contributed by atoms with van der Waals surface area (Å²) in [6, 6.07) is 22.2. The summed E-state index contributed by atoms with van der Waals surface area (Å²) < 4.78 is 6.25. The fraction of sp³-hybridized carbons (Fsp3) is 0. The minimum Gasteiger partial charge on any atom is -0.508 e. The number of oxazole rings is 1. The fourth-order valence-electron chi connectivity index (χ4n) is 3.47. The summed E-state index contributed by atoms with van der Waals surface area (Å²) in [6.07, 6.45) is 1.58. The molecule has 2 heterocycles. The number of nitrogens with two attached hydrogens (primary N) is 1. The van der Waals surface area contributed by atoms with Crippen LogP contribution in [0.5, 0.6) is 5.75 Å². The van der Waals surface area contributed by atoms with Crippen molar-refractivity contribution in [1.82, 2.24) is 4.98 Å². The third-order valence-corrected chi connectivity index (χ3v) is 6.05. The highest BCUT2D eigenvalue weighted by Crippen LogP contribution is 2.41. The van der Waals surface area contributed by atoms with Crippen molar-refractivity contribution >= 4 is 33.2 Å². The molecule has 3 N–H and O–H groups in total. The number of carbonyl (C=O) groups is 1. The second-order valence-corrected chi connectivity index (χ2v) is 7.87. The van der Waals surface area contributed by atoms with Crippen molar-refractivity contribution in [2.75, 3.05) is 5.73 Å². The summed E-state index contributed by atoms with van der Waals surface area (Å²) in [6.45, 7) is 0. The maximum absolute atomic E-state index is 13.3. The van der Waals surface area contributed by atoms with Gasteiger partial charge in [0.15, 0.2) is 5.76 Å². The predicted molar refractivity (Wildman–Crippen MR) is 119 cm³/mol. The molecule has 3 aromatic carbocycles. The van der Waals surface area contributed by atoms with E-state index in [1.165, 1.54) is 11.3 Å². The Morgan fingerprint density at radius 2 is 1.70 bits per heavy atom. The number of aromatic hydroxyl groups is 1. The van der Waals surface area contributed by atoms with Crippen LogP contribution in [0, 0.1) is 0 Å². The van der Waals surface area contributed by atoms with Crippen molar-refractivity contribution in [3.8, 4) is 28.2 Å². The third kappa shape index (κ3) is 3.13. The average molecular weight is 412 g/mol. The molecule has 5 aromatic rings. The standard InChI is InChI=1S/C24H16N2O3S/c25-24-26-13-19(29-24)14-6-8-15(9-7-14)21-18-11-10-17(27)12-20(18)30-23(21)22(28)16-4-2-1-3-5-16/h1-13,27H,(H2,25,26). The van der Waals surface area contributed by atoms with E-state index >= 15 is 0 Å². The van der Waals surface area contributed by atoms with E-state index in [9.17, 15) is 9.90 Å². The molecule has 0 aliphatic carbocycles. The molecule has 5 rings (SSSR count). The van der Waals surface area contributed by atoms with Crippen LogP contribution in [0.3, 0.4) is 0 Å². The molecule has 0 aliphatic heterocycles. The van der Waals surface area contributed by atoms with E-state index in [2.05, 4.69) is 4.98 Å². The minimum atomic E-state index is -0.0432. The SMILES string of the molecule is Nc1ncc(-c2ccc(-c3c(C(=O)c4ccccc4)sc4cc(O)ccc34)cc2)o1. The summed E-state index contributed by atoms with van der Waals surface area (Å²) in [4.78, 5) is 17.9. The summed E-state index contributed by atoms with van der Waals surface area (Å²) in [5.74, 6) is 0.713. The first-order chi connectivity index (χ1) is 14.6. The van der Waals surface area contributed by atoms with Crippen molar-refractivity contribution in [2.24, 2.45) is 0 Å². The first kappa shape index (κ1) is 18.1. The van der Waals surface area contributed by atoms with Gasteiger partial charge in [0.05, 0.1) is 11.1 Å². The summed E-state index contributed by atoms with van der Waals surface area (Å²) in [5.41, 5.74) is 8.80. The van der Waals surface area contributed by atoms with Crippen LogP contribution < -0.4 is 5.73 Å². The molecule has 0 atom stereocenters. The van der Waals surface area contributed by atoms with E-state index in [0.717, 1.165) is 26.8 Å². The van der Waals surface area contributed by atoms with Gasteiger partial charge in [-0.05, 0) is 23.8 Å². The largest absolute Gasteiger partial charge is 0.508 e. The van der Waals surface area contributed by atoms with Crippen LogP contribution in [0.25, 0.3) is 32.5 Å². The van der Waals surface area contributed by atoms with Gasteiger partial charge in [0.1, 0.15) is 5.75 Å². The number of anilines is 1. The molecule has 0 radical (unpaired) electrons. The maximum atomic E-state index is 13.3. The molecule has 0 saturated carbocycles. The number of phenolic OH excluding ortho intramolecular Hbond substituents is 1. The van der Waals surface area contributed by atoms with Crippen molar-refractivity contribution < 1.29 is 14.3 Å². The van der Waals surface area contributed by atoms with E-state index in [1.807, 2.05) is 60.7 Å². The van der Waals surface area contributed by atoms with Gasteiger partial charge >= 0.3 is 0 Å². The highest BCUT2D eigenvalue weighted by molar-refractivity contribution is 7.21. The van der Waals surface area contributed by atoms with Crippen LogP contribution >= 0.6 is 11.3 Å². The van der Waals surface area contributed by atoms with E-state index < -0.39 is 0 Å². The van der Waals surface area contributed by atoms with Crippen molar-refractivity contribution in [3.63, 3.8) is 0 Å². The molecule has 2 aromatic heterocycles. The Kier molecular flexibility index (Phi) is 4.34. The normalized spacial score (nSPS) is 11.1. The van der Waals surface area contributed by atoms with Crippen molar-refractivity contribution in [1.29, 1.82) is 0 Å². The first-order valence-electron chi connectivity index (χ1n) is 9.27. The number of thiophene rings is 1. The quantitative estimate of drug-likeness (QED) is 0.367. The number of hydrogen-bond donors (Lipinski definition) is 2. The number of aromatic nitrogens is 1. The third-order valence-electron chi connectivity index (χ3n) is 4.90. The number of nitrogens with zero attached hydrogens (tertiary/aromatic N) is 1. The monoisotopic (exact) mass is 412 g/mol. The van der Waals surface area contributed by atoms with Gasteiger partial charge < -0.3 is 15.3 Å². The lowest BCUT2D eigenvalue weighted by Crippen LogP contribution is -2.00. The summed E-state index contributed by atoms with van der Waals surface area (Å²) >= 11 is 1.39. The lowest BCUT2D eigenvalue weighted by Gasteiger charge is -2.06. The van der Waals surface area contributed by atoms with Gasteiger partial charge in [0.2, 0.25) is 5.78 Å². The first-order valence-corrected chi connectivity index (χ1v) is 10.1. The highest BCUT2D eigenvalue weighted by atomic mass is 32.1. The Morgan fingerprint density at radius 1 is 0.967 bits per heavy atom. The Balaban J connectivity index is 1.66. The lowest BCUT2D eigenvalue weighted by molar-refractivity contribution is 0.104. The lowest BCUT2D eigenvalue weighted by atomic mass is 9.97. The number of fused-ring (bicyclic) bond motifs is 1. The number of ketones is 1.